The topological polar surface area (TPSA) is 74.6 Å². The van der Waals surface area contributed by atoms with E-state index in [1.165, 1.54) is 12.5 Å². The van der Waals surface area contributed by atoms with E-state index in [-0.39, 0.29) is 11.1 Å². The maximum Gasteiger partial charge on any atom is 0.336 e. The molecule has 0 amide bonds. The molecule has 0 saturated heterocycles. The highest BCUT2D eigenvalue weighted by molar-refractivity contribution is 6.04. The van der Waals surface area contributed by atoms with Crippen LogP contribution in [0, 0.1) is 11.8 Å². The Balaban J connectivity index is 3.43. The van der Waals surface area contributed by atoms with Crippen LogP contribution in [-0.2, 0) is 9.59 Å². The van der Waals surface area contributed by atoms with Crippen molar-refractivity contribution in [2.75, 3.05) is 0 Å². The number of unbranched alkanes of at least 4 members (excludes halogenated alkanes) is 2. The molecule has 0 bridgehead atoms. The number of rotatable bonds is 14. The molecule has 2 N–H and O–H groups in total. The summed E-state index contributed by atoms with van der Waals surface area (Å²) in [7, 11) is 0. The lowest BCUT2D eigenvalue weighted by atomic mass is 9.81. The van der Waals surface area contributed by atoms with Crippen molar-refractivity contribution in [2.24, 2.45) is 11.8 Å². The van der Waals surface area contributed by atoms with Crippen LogP contribution >= 0.6 is 0 Å². The quantitative estimate of drug-likeness (QED) is 0.329. The molecule has 2 unspecified atom stereocenters. The molecule has 2 atom stereocenters. The molecule has 1 aliphatic rings. The zero-order chi connectivity index (χ0) is 21.8. The second-order valence-electron chi connectivity index (χ2n) is 8.33. The van der Waals surface area contributed by atoms with Gasteiger partial charge >= 0.3 is 11.9 Å². The van der Waals surface area contributed by atoms with Gasteiger partial charge in [0.1, 0.15) is 0 Å². The fourth-order valence-electron chi connectivity index (χ4n) is 4.26. The van der Waals surface area contributed by atoms with Crippen molar-refractivity contribution in [3.05, 3.63) is 34.4 Å². The van der Waals surface area contributed by atoms with Gasteiger partial charge < -0.3 is 10.2 Å². The average molecular weight is 405 g/mol. The number of hydrogen-bond acceptors (Lipinski definition) is 2. The third kappa shape index (κ3) is 7.83. The number of carboxylic acid groups (broad SMARTS) is 2. The maximum absolute atomic E-state index is 12.2. The molecule has 0 aromatic heterocycles. The normalized spacial score (nSPS) is 16.7. The Bertz CT molecular complexity index is 639. The monoisotopic (exact) mass is 404 g/mol. The molecule has 1 rings (SSSR count). The summed E-state index contributed by atoms with van der Waals surface area (Å²) in [6, 6.07) is 0. The van der Waals surface area contributed by atoms with Crippen molar-refractivity contribution < 1.29 is 19.8 Å². The Labute approximate surface area is 176 Å². The minimum atomic E-state index is -1.16. The number of carboxylic acids is 2. The number of carbonyl (C=O) groups is 2. The number of allylic oxidation sites excluding steroid dienone is 2. The molecule has 0 aliphatic heterocycles. The number of aliphatic carboxylic acids is 2. The van der Waals surface area contributed by atoms with Crippen LogP contribution in [-0.4, -0.2) is 22.2 Å². The molecular weight excluding hydrogens is 364 g/mol. The third-order valence-electron chi connectivity index (χ3n) is 6.21. The molecule has 1 aliphatic carbocycles. The third-order valence-corrected chi connectivity index (χ3v) is 6.21. The molecule has 4 heteroatoms. The minimum Gasteiger partial charge on any atom is -0.478 e. The second-order valence-corrected chi connectivity index (χ2v) is 8.33. The molecule has 0 fully saturated rings. The summed E-state index contributed by atoms with van der Waals surface area (Å²) in [5.74, 6) is -1.37. The van der Waals surface area contributed by atoms with E-state index in [0.29, 0.717) is 24.7 Å². The van der Waals surface area contributed by atoms with Crippen LogP contribution in [0.15, 0.2) is 34.4 Å². The van der Waals surface area contributed by atoms with Gasteiger partial charge in [-0.25, -0.2) is 9.59 Å². The van der Waals surface area contributed by atoms with E-state index in [1.54, 1.807) is 0 Å². The maximum atomic E-state index is 12.2. The Kier molecular flexibility index (Phi) is 11.6. The minimum absolute atomic E-state index is 0.0153. The molecule has 0 heterocycles. The largest absolute Gasteiger partial charge is 0.478 e. The Morgan fingerprint density at radius 1 is 0.897 bits per heavy atom. The van der Waals surface area contributed by atoms with Crippen LogP contribution < -0.4 is 0 Å². The van der Waals surface area contributed by atoms with Gasteiger partial charge in [-0.1, -0.05) is 96.8 Å². The highest BCUT2D eigenvalue weighted by Gasteiger charge is 2.28. The first-order chi connectivity index (χ1) is 13.9. The Morgan fingerprint density at radius 3 is 1.90 bits per heavy atom. The van der Waals surface area contributed by atoms with E-state index in [2.05, 4.69) is 27.7 Å². The molecule has 29 heavy (non-hydrogen) atoms. The summed E-state index contributed by atoms with van der Waals surface area (Å²) in [5.41, 5.74) is 1.86. The van der Waals surface area contributed by atoms with Crippen molar-refractivity contribution in [1.82, 2.24) is 0 Å². The molecule has 0 aromatic rings. The van der Waals surface area contributed by atoms with E-state index in [1.807, 2.05) is 6.08 Å². The summed E-state index contributed by atoms with van der Waals surface area (Å²) in [5, 5.41) is 19.6. The standard InChI is InChI=1S/C25H40O4/c1-5-9-12-18(7-3)16-20-14-11-15-21(24(26)27)23(25(28)29)22(20)17-19(8-4)13-10-6-2/h11,15,18-19H,5-10,12-14,16-17H2,1-4H3,(H,26,27)(H,28,29). The smallest absolute Gasteiger partial charge is 0.336 e. The van der Waals surface area contributed by atoms with E-state index in [4.69, 9.17) is 0 Å². The van der Waals surface area contributed by atoms with E-state index < -0.39 is 11.9 Å². The summed E-state index contributed by atoms with van der Waals surface area (Å²) < 4.78 is 0. The first-order valence-electron chi connectivity index (χ1n) is 11.5. The summed E-state index contributed by atoms with van der Waals surface area (Å²) in [6.07, 6.45) is 14.3. The van der Waals surface area contributed by atoms with Gasteiger partial charge in [-0.3, -0.25) is 0 Å². The Hall–Kier alpha value is -1.84. The van der Waals surface area contributed by atoms with Gasteiger partial charge in [-0.2, -0.15) is 0 Å². The lowest BCUT2D eigenvalue weighted by molar-refractivity contribution is -0.135. The van der Waals surface area contributed by atoms with E-state index >= 15 is 0 Å². The predicted molar refractivity (Wildman–Crippen MR) is 119 cm³/mol. The van der Waals surface area contributed by atoms with Gasteiger partial charge in [-0.05, 0) is 36.7 Å². The lowest BCUT2D eigenvalue weighted by Crippen LogP contribution is -2.16. The zero-order valence-corrected chi connectivity index (χ0v) is 18.8. The number of hydrogen-bond donors (Lipinski definition) is 2. The molecule has 0 spiro atoms. The van der Waals surface area contributed by atoms with Gasteiger partial charge in [0.2, 0.25) is 0 Å². The van der Waals surface area contributed by atoms with Crippen molar-refractivity contribution >= 4 is 11.9 Å². The van der Waals surface area contributed by atoms with Gasteiger partial charge in [-0.15, -0.1) is 0 Å². The van der Waals surface area contributed by atoms with E-state index in [9.17, 15) is 19.8 Å². The zero-order valence-electron chi connectivity index (χ0n) is 18.8. The second kappa shape index (κ2) is 13.4. The molecule has 4 nitrogen and oxygen atoms in total. The van der Waals surface area contributed by atoms with Crippen LogP contribution in [0.3, 0.4) is 0 Å². The van der Waals surface area contributed by atoms with Crippen molar-refractivity contribution in [1.29, 1.82) is 0 Å². The highest BCUT2D eigenvalue weighted by atomic mass is 16.4. The van der Waals surface area contributed by atoms with Gasteiger partial charge in [0.05, 0.1) is 11.1 Å². The summed E-state index contributed by atoms with van der Waals surface area (Å²) in [6.45, 7) is 8.70. The van der Waals surface area contributed by atoms with Crippen molar-refractivity contribution in [2.45, 2.75) is 98.3 Å². The predicted octanol–water partition coefficient (Wildman–Crippen LogP) is 6.92. The van der Waals surface area contributed by atoms with Crippen molar-refractivity contribution in [3.8, 4) is 0 Å². The first kappa shape index (κ1) is 25.2. The van der Waals surface area contributed by atoms with Crippen LogP contribution in [0.25, 0.3) is 0 Å². The van der Waals surface area contributed by atoms with Gasteiger partial charge in [0, 0.05) is 0 Å². The average Bonchev–Trinajstić information content (AvgIpc) is 2.87. The fraction of sp³-hybridized carbons (Fsp3) is 0.680. The van der Waals surface area contributed by atoms with Gasteiger partial charge in [0.15, 0.2) is 0 Å². The Morgan fingerprint density at radius 2 is 1.45 bits per heavy atom. The van der Waals surface area contributed by atoms with E-state index in [0.717, 1.165) is 62.5 Å². The van der Waals surface area contributed by atoms with Crippen LogP contribution in [0.1, 0.15) is 98.3 Å². The molecule has 0 radical (unpaired) electrons. The SMILES string of the molecule is CCCCC(CC)CC1=C(CC(CC)CCCC)C(C(=O)O)=C(C(=O)O)C=CC1. The fourth-order valence-corrected chi connectivity index (χ4v) is 4.26. The van der Waals surface area contributed by atoms with Crippen LogP contribution in [0.5, 0.6) is 0 Å². The highest BCUT2D eigenvalue weighted by Crippen LogP contribution is 2.37. The molecule has 0 saturated carbocycles. The summed E-state index contributed by atoms with van der Waals surface area (Å²) in [4.78, 5) is 24.0. The van der Waals surface area contributed by atoms with Crippen LogP contribution in [0.2, 0.25) is 0 Å². The molecular formula is C25H40O4. The van der Waals surface area contributed by atoms with Crippen molar-refractivity contribution in [3.63, 3.8) is 0 Å². The lowest BCUT2D eigenvalue weighted by Gasteiger charge is -2.23. The molecule has 164 valence electrons. The van der Waals surface area contributed by atoms with Gasteiger partial charge in [0.25, 0.3) is 0 Å². The first-order valence-corrected chi connectivity index (χ1v) is 11.5. The summed E-state index contributed by atoms with van der Waals surface area (Å²) >= 11 is 0. The van der Waals surface area contributed by atoms with Crippen LogP contribution in [0.4, 0.5) is 0 Å². The molecule has 0 aromatic carbocycles.